The number of hydrogen-bond donors (Lipinski definition) is 0. The van der Waals surface area contributed by atoms with E-state index in [2.05, 4.69) is 11.9 Å². The van der Waals surface area contributed by atoms with Crippen LogP contribution in [-0.2, 0) is 6.42 Å². The van der Waals surface area contributed by atoms with Crippen molar-refractivity contribution in [3.63, 3.8) is 0 Å². The molecule has 0 aliphatic carbocycles. The molecule has 0 amide bonds. The summed E-state index contributed by atoms with van der Waals surface area (Å²) in [6.07, 6.45) is 2.74. The van der Waals surface area contributed by atoms with E-state index in [1.165, 1.54) is 0 Å². The zero-order valence-corrected chi connectivity index (χ0v) is 5.22. The molecule has 0 spiro atoms. The van der Waals surface area contributed by atoms with Gasteiger partial charge in [-0.05, 0) is 6.42 Å². The van der Waals surface area contributed by atoms with E-state index in [1.807, 2.05) is 6.07 Å². The lowest BCUT2D eigenvalue weighted by molar-refractivity contribution is 0.642. The van der Waals surface area contributed by atoms with Gasteiger partial charge in [0.2, 0.25) is 0 Å². The normalized spacial score (nSPS) is 12.1. The topological polar surface area (TPSA) is 25.4 Å². The highest BCUT2D eigenvalue weighted by atomic mass is 16.6. The average Bonchev–Trinajstić information content (AvgIpc) is 2.64. The maximum Gasteiger partial charge on any atom is 0.191 e. The number of nitrogens with zero attached hydrogens (tertiary/aromatic N) is 1. The Hall–Kier alpha value is -1.05. The Kier molecular flexibility index (Phi) is 0.781. The van der Waals surface area contributed by atoms with Gasteiger partial charge in [-0.25, -0.2) is 0 Å². The van der Waals surface area contributed by atoms with Crippen LogP contribution in [0.4, 0.5) is 0 Å². The highest BCUT2D eigenvalue weighted by Crippen LogP contribution is 2.46. The van der Waals surface area contributed by atoms with Gasteiger partial charge in [0.05, 0.1) is 5.69 Å². The van der Waals surface area contributed by atoms with Crippen LogP contribution in [0.2, 0.25) is 0 Å². The van der Waals surface area contributed by atoms with Gasteiger partial charge < -0.3 is 4.74 Å². The lowest BCUT2D eigenvalue weighted by atomic mass is 10.3. The number of hydrogen-bond acceptors (Lipinski definition) is 2. The first kappa shape index (κ1) is 4.79. The summed E-state index contributed by atoms with van der Waals surface area (Å²) >= 11 is 0. The van der Waals surface area contributed by atoms with Gasteiger partial charge in [-0.3, -0.25) is 4.98 Å². The van der Waals surface area contributed by atoms with Crippen LogP contribution in [0.25, 0.3) is 0 Å². The van der Waals surface area contributed by atoms with E-state index >= 15 is 0 Å². The third-order valence-electron chi connectivity index (χ3n) is 1.45. The number of aromatic nitrogens is 1. The first-order valence-electron chi connectivity index (χ1n) is 3.07. The van der Waals surface area contributed by atoms with Crippen molar-refractivity contribution in [1.29, 1.82) is 0 Å². The lowest BCUT2D eigenvalue weighted by Crippen LogP contribution is -1.78. The Morgan fingerprint density at radius 2 is 2.56 bits per heavy atom. The summed E-state index contributed by atoms with van der Waals surface area (Å²) in [5, 5.41) is 0. The minimum Gasteiger partial charge on any atom is -0.447 e. The number of fused-ring (bicyclic) bond motifs is 1. The average molecular weight is 121 g/mol. The van der Waals surface area contributed by atoms with Gasteiger partial charge in [0, 0.05) is 12.3 Å². The molecule has 0 saturated heterocycles. The van der Waals surface area contributed by atoms with Crippen molar-refractivity contribution >= 4 is 0 Å². The summed E-state index contributed by atoms with van der Waals surface area (Å²) in [5.74, 6) is 2.00. The molecule has 0 fully saturated rings. The van der Waals surface area contributed by atoms with E-state index in [-0.39, 0.29) is 0 Å². The molecule has 9 heavy (non-hydrogen) atoms. The molecule has 46 valence electrons. The first-order chi connectivity index (χ1) is 4.42. The van der Waals surface area contributed by atoms with Gasteiger partial charge in [0.25, 0.3) is 0 Å². The fourth-order valence-electron chi connectivity index (χ4n) is 0.901. The number of rotatable bonds is 1. The van der Waals surface area contributed by atoms with Crippen molar-refractivity contribution in [1.82, 2.24) is 4.98 Å². The van der Waals surface area contributed by atoms with Gasteiger partial charge in [-0.2, -0.15) is 0 Å². The molecule has 0 unspecified atom stereocenters. The molecule has 2 nitrogen and oxygen atoms in total. The van der Waals surface area contributed by atoms with E-state index in [1.54, 1.807) is 6.20 Å². The van der Waals surface area contributed by atoms with E-state index in [9.17, 15) is 0 Å². The molecule has 1 aliphatic rings. The van der Waals surface area contributed by atoms with Crippen LogP contribution in [0, 0.1) is 0 Å². The van der Waals surface area contributed by atoms with Gasteiger partial charge in [0.1, 0.15) is 0 Å². The summed E-state index contributed by atoms with van der Waals surface area (Å²) in [6, 6.07) is 1.88. The van der Waals surface area contributed by atoms with Crippen molar-refractivity contribution < 1.29 is 4.74 Å². The number of pyridine rings is 1. The summed E-state index contributed by atoms with van der Waals surface area (Å²) in [6.45, 7) is 2.07. The fourth-order valence-corrected chi connectivity index (χ4v) is 0.901. The van der Waals surface area contributed by atoms with Crippen LogP contribution >= 0.6 is 0 Å². The molecule has 0 atom stereocenters. The van der Waals surface area contributed by atoms with E-state index in [0.717, 1.165) is 23.6 Å². The van der Waals surface area contributed by atoms with Gasteiger partial charge in [-0.15, -0.1) is 0 Å². The van der Waals surface area contributed by atoms with Crippen LogP contribution in [0.15, 0.2) is 12.3 Å². The molecule has 1 aliphatic heterocycles. The predicted octanol–water partition coefficient (Wildman–Crippen LogP) is 1.75. The zero-order chi connectivity index (χ0) is 6.27. The molecule has 0 saturated carbocycles. The molecular weight excluding hydrogens is 114 g/mol. The predicted molar refractivity (Wildman–Crippen MR) is 33.7 cm³/mol. The van der Waals surface area contributed by atoms with Crippen LogP contribution in [0.1, 0.15) is 12.6 Å². The molecular formula is C7H7NO. The zero-order valence-electron chi connectivity index (χ0n) is 5.22. The van der Waals surface area contributed by atoms with Crippen LogP contribution in [0.3, 0.4) is 0 Å². The summed E-state index contributed by atoms with van der Waals surface area (Å²) in [5.41, 5.74) is 1.08. The quantitative estimate of drug-likeness (QED) is 0.537. The molecule has 0 aromatic carbocycles. The monoisotopic (exact) mass is 121 g/mol. The van der Waals surface area contributed by atoms with E-state index < -0.39 is 0 Å². The van der Waals surface area contributed by atoms with Crippen molar-refractivity contribution in [2.24, 2.45) is 0 Å². The molecule has 0 N–H and O–H groups in total. The van der Waals surface area contributed by atoms with Crippen LogP contribution in [-0.4, -0.2) is 4.98 Å². The summed E-state index contributed by atoms with van der Waals surface area (Å²) < 4.78 is 5.10. The molecule has 0 radical (unpaired) electrons. The second kappa shape index (κ2) is 1.47. The fraction of sp³-hybridized carbons (Fsp3) is 0.286. The molecule has 1 aromatic rings. The first-order valence-corrected chi connectivity index (χ1v) is 3.07. The standard InChI is InChI=1S/C7H7NO/c1-2-5-7-6(9-7)3-4-8-5/h3-4H,2H2,1H3. The Labute approximate surface area is 53.5 Å². The van der Waals surface area contributed by atoms with E-state index in [0.29, 0.717) is 0 Å². The molecule has 2 heterocycles. The van der Waals surface area contributed by atoms with Gasteiger partial charge >= 0.3 is 0 Å². The number of ether oxygens (including phenoxy) is 1. The minimum absolute atomic E-state index is 0.961. The lowest BCUT2D eigenvalue weighted by Gasteiger charge is -1.84. The largest absolute Gasteiger partial charge is 0.447 e. The maximum atomic E-state index is 5.10. The van der Waals surface area contributed by atoms with Crippen molar-refractivity contribution in [3.05, 3.63) is 18.0 Å². The Balaban J connectivity index is 2.51. The van der Waals surface area contributed by atoms with E-state index in [4.69, 9.17) is 4.74 Å². The third-order valence-corrected chi connectivity index (χ3v) is 1.45. The van der Waals surface area contributed by atoms with Gasteiger partial charge in [-0.1, -0.05) is 6.92 Å². The smallest absolute Gasteiger partial charge is 0.191 e. The van der Waals surface area contributed by atoms with Crippen molar-refractivity contribution in [2.45, 2.75) is 13.3 Å². The SMILES string of the molecule is CCc1nccc2c1O2. The summed E-state index contributed by atoms with van der Waals surface area (Å²) in [7, 11) is 0. The van der Waals surface area contributed by atoms with Crippen LogP contribution in [0.5, 0.6) is 11.5 Å². The highest BCUT2D eigenvalue weighted by Gasteiger charge is 2.23. The molecule has 0 bridgehead atoms. The third kappa shape index (κ3) is 0.593. The minimum atomic E-state index is 0.961. The Morgan fingerprint density at radius 1 is 1.67 bits per heavy atom. The number of aryl methyl sites for hydroxylation is 1. The Bertz CT molecular complexity index is 245. The molecule has 1 aromatic heterocycles. The van der Waals surface area contributed by atoms with Crippen molar-refractivity contribution in [2.75, 3.05) is 0 Å². The summed E-state index contributed by atoms with van der Waals surface area (Å²) in [4.78, 5) is 4.12. The Morgan fingerprint density at radius 3 is 3.22 bits per heavy atom. The second-order valence-corrected chi connectivity index (χ2v) is 2.04. The van der Waals surface area contributed by atoms with Crippen molar-refractivity contribution in [3.8, 4) is 11.5 Å². The molecule has 2 rings (SSSR count). The van der Waals surface area contributed by atoms with Gasteiger partial charge in [0.15, 0.2) is 11.5 Å². The maximum absolute atomic E-state index is 5.10. The highest BCUT2D eigenvalue weighted by molar-refractivity contribution is 5.56. The second-order valence-electron chi connectivity index (χ2n) is 2.04. The molecule has 2 heteroatoms. The van der Waals surface area contributed by atoms with Crippen LogP contribution < -0.4 is 4.74 Å².